The van der Waals surface area contributed by atoms with E-state index >= 15 is 0 Å². The van der Waals surface area contributed by atoms with Crippen LogP contribution in [0.3, 0.4) is 0 Å². The molecule has 0 fully saturated rings. The number of aromatic amines is 1. The lowest BCUT2D eigenvalue weighted by Crippen LogP contribution is -2.37. The molecule has 3 rings (SSSR count). The third-order valence-electron chi connectivity index (χ3n) is 3.25. The van der Waals surface area contributed by atoms with Gasteiger partial charge < -0.3 is 0 Å². The van der Waals surface area contributed by atoms with E-state index in [1.807, 2.05) is 0 Å². The summed E-state index contributed by atoms with van der Waals surface area (Å²) in [4.78, 5) is 53.4. The third-order valence-corrected chi connectivity index (χ3v) is 3.25. The monoisotopic (exact) mass is 323 g/mol. The van der Waals surface area contributed by atoms with Gasteiger partial charge in [0.05, 0.1) is 5.57 Å². The average Bonchev–Trinajstić information content (AvgIpc) is 2.52. The second kappa shape index (κ2) is 5.47. The van der Waals surface area contributed by atoms with Gasteiger partial charge in [0.2, 0.25) is 17.0 Å². The molecule has 2 aliphatic carbocycles. The van der Waals surface area contributed by atoms with Crippen LogP contribution in [-0.4, -0.2) is 37.7 Å². The van der Waals surface area contributed by atoms with Crippen molar-refractivity contribution >= 4 is 34.4 Å². The van der Waals surface area contributed by atoms with Gasteiger partial charge in [0.1, 0.15) is 5.70 Å². The molecule has 9 nitrogen and oxygen atoms in total. The number of H-pyrrole nitrogens is 1. The highest BCUT2D eigenvalue weighted by Gasteiger charge is 2.25. The van der Waals surface area contributed by atoms with Crippen molar-refractivity contribution in [2.75, 3.05) is 0 Å². The number of nitrogens with one attached hydrogen (secondary N) is 3. The fourth-order valence-electron chi connectivity index (χ4n) is 2.23. The maximum absolute atomic E-state index is 12.1. The summed E-state index contributed by atoms with van der Waals surface area (Å²) in [6, 6.07) is 0. The summed E-state index contributed by atoms with van der Waals surface area (Å²) in [6.07, 6.45) is 6.22. The Balaban J connectivity index is 2.33. The molecular formula is C15H9N5O4. The van der Waals surface area contributed by atoms with E-state index in [4.69, 9.17) is 10.8 Å². The maximum Gasteiger partial charge on any atom is 0.224 e. The van der Waals surface area contributed by atoms with Crippen LogP contribution >= 0.6 is 0 Å². The first-order valence-electron chi connectivity index (χ1n) is 6.66. The van der Waals surface area contributed by atoms with E-state index in [1.165, 1.54) is 0 Å². The highest BCUT2D eigenvalue weighted by molar-refractivity contribution is 6.34. The van der Waals surface area contributed by atoms with Gasteiger partial charge in [0, 0.05) is 12.2 Å². The Kier molecular flexibility index (Phi) is 3.45. The normalized spacial score (nSPS) is 17.2. The zero-order chi connectivity index (χ0) is 17.4. The molecule has 0 saturated carbocycles. The Morgan fingerprint density at radius 2 is 1.50 bits per heavy atom. The minimum absolute atomic E-state index is 0.172. The fraction of sp³-hybridized carbons (Fsp3) is 0. The first-order chi connectivity index (χ1) is 11.4. The first-order valence-corrected chi connectivity index (χ1v) is 6.66. The van der Waals surface area contributed by atoms with Crippen molar-refractivity contribution in [3.8, 4) is 0 Å². The first kappa shape index (κ1) is 15.2. The Bertz CT molecular complexity index is 1060. The molecule has 0 saturated heterocycles. The minimum atomic E-state index is -0.576. The van der Waals surface area contributed by atoms with Crippen LogP contribution in [0.5, 0.6) is 0 Å². The summed E-state index contributed by atoms with van der Waals surface area (Å²) in [6.45, 7) is 0. The Morgan fingerprint density at radius 3 is 2.21 bits per heavy atom. The molecule has 0 unspecified atom stereocenters. The van der Waals surface area contributed by atoms with Crippen molar-refractivity contribution in [1.82, 2.24) is 14.5 Å². The van der Waals surface area contributed by atoms with Crippen LogP contribution in [0.15, 0.2) is 36.5 Å². The van der Waals surface area contributed by atoms with Crippen LogP contribution in [0, 0.1) is 10.8 Å². The lowest BCUT2D eigenvalue weighted by molar-refractivity contribution is -0.113. The standard InChI is InChI=1S/C15H9N5O4/c16-14-18-13(9-5-7(21)1-3-11(9)23)20(15(17)19-14)10-6-8(22)2-4-12(10)24/h1-6H,(H3,16,17,19). The number of hydrogen-bond acceptors (Lipinski definition) is 7. The summed E-state index contributed by atoms with van der Waals surface area (Å²) < 4.78 is 0.929. The molecule has 3 N–H and O–H groups in total. The summed E-state index contributed by atoms with van der Waals surface area (Å²) in [7, 11) is 0. The SMILES string of the molecule is N=c1nc(C2=CC(=O)C=CC2=O)n(C2=CC(=O)C=CC2=O)c(=N)[nH]1. The lowest BCUT2D eigenvalue weighted by Gasteiger charge is -2.16. The number of ketones is 4. The summed E-state index contributed by atoms with van der Waals surface area (Å²) >= 11 is 0. The van der Waals surface area contributed by atoms with Gasteiger partial charge in [-0.25, -0.2) is 0 Å². The van der Waals surface area contributed by atoms with Crippen molar-refractivity contribution in [2.24, 2.45) is 0 Å². The minimum Gasteiger partial charge on any atom is -0.295 e. The van der Waals surface area contributed by atoms with Crippen molar-refractivity contribution in [3.63, 3.8) is 0 Å². The van der Waals surface area contributed by atoms with Gasteiger partial charge in [0.25, 0.3) is 0 Å². The van der Waals surface area contributed by atoms with Crippen LogP contribution in [0.1, 0.15) is 5.82 Å². The van der Waals surface area contributed by atoms with Crippen LogP contribution in [0.2, 0.25) is 0 Å². The number of aromatic nitrogens is 3. The maximum atomic E-state index is 12.1. The topological polar surface area (TPSA) is 150 Å². The number of nitrogens with zero attached hydrogens (tertiary/aromatic N) is 2. The number of carbonyl (C=O) groups is 4. The molecule has 9 heteroatoms. The van der Waals surface area contributed by atoms with Crippen LogP contribution in [-0.2, 0) is 19.2 Å². The molecular weight excluding hydrogens is 314 g/mol. The molecule has 0 bridgehead atoms. The van der Waals surface area contributed by atoms with E-state index in [0.29, 0.717) is 0 Å². The molecule has 0 spiro atoms. The van der Waals surface area contributed by atoms with E-state index in [1.54, 1.807) is 0 Å². The molecule has 1 aromatic rings. The Morgan fingerprint density at radius 1 is 0.875 bits per heavy atom. The molecule has 0 amide bonds. The zero-order valence-electron chi connectivity index (χ0n) is 12.0. The molecule has 1 heterocycles. The fourth-order valence-corrected chi connectivity index (χ4v) is 2.23. The number of carbonyl (C=O) groups excluding carboxylic acids is 4. The zero-order valence-corrected chi connectivity index (χ0v) is 12.0. The highest BCUT2D eigenvalue weighted by atomic mass is 16.1. The van der Waals surface area contributed by atoms with Crippen LogP contribution < -0.4 is 11.2 Å². The third kappa shape index (κ3) is 2.54. The summed E-state index contributed by atoms with van der Waals surface area (Å²) in [5.41, 5.74) is -1.26. The van der Waals surface area contributed by atoms with E-state index < -0.39 is 34.4 Å². The Labute approximate surface area is 133 Å². The quantitative estimate of drug-likeness (QED) is 0.585. The van der Waals surface area contributed by atoms with Gasteiger partial charge in [-0.1, -0.05) is 0 Å². The van der Waals surface area contributed by atoms with E-state index in [2.05, 4.69) is 9.97 Å². The molecule has 0 radical (unpaired) electrons. The van der Waals surface area contributed by atoms with Gasteiger partial charge in [-0.05, 0) is 24.3 Å². The van der Waals surface area contributed by atoms with Crippen LogP contribution in [0.4, 0.5) is 0 Å². The van der Waals surface area contributed by atoms with Gasteiger partial charge >= 0.3 is 0 Å². The number of allylic oxidation sites excluding steroid dienone is 8. The largest absolute Gasteiger partial charge is 0.295 e. The average molecular weight is 323 g/mol. The summed E-state index contributed by atoms with van der Waals surface area (Å²) in [5.74, 6) is -2.32. The van der Waals surface area contributed by atoms with E-state index in [9.17, 15) is 19.2 Å². The van der Waals surface area contributed by atoms with Crippen molar-refractivity contribution in [3.05, 3.63) is 53.5 Å². The molecule has 0 atom stereocenters. The predicted molar refractivity (Wildman–Crippen MR) is 78.8 cm³/mol. The van der Waals surface area contributed by atoms with Gasteiger partial charge in [-0.3, -0.25) is 39.5 Å². The molecule has 2 aliphatic rings. The van der Waals surface area contributed by atoms with Gasteiger partial charge in [-0.15, -0.1) is 0 Å². The second-order valence-electron chi connectivity index (χ2n) is 4.88. The highest BCUT2D eigenvalue weighted by Crippen LogP contribution is 2.19. The second-order valence-corrected chi connectivity index (χ2v) is 4.88. The van der Waals surface area contributed by atoms with Crippen molar-refractivity contribution in [1.29, 1.82) is 10.8 Å². The Hall–Kier alpha value is -3.75. The smallest absolute Gasteiger partial charge is 0.224 e. The summed E-state index contributed by atoms with van der Waals surface area (Å²) in [5, 5.41) is 15.5. The predicted octanol–water partition coefficient (Wildman–Crippen LogP) is -1.19. The van der Waals surface area contributed by atoms with Gasteiger partial charge in [0.15, 0.2) is 23.2 Å². The van der Waals surface area contributed by atoms with Crippen molar-refractivity contribution in [2.45, 2.75) is 0 Å². The molecule has 24 heavy (non-hydrogen) atoms. The molecule has 0 aromatic carbocycles. The van der Waals surface area contributed by atoms with Crippen LogP contribution in [0.25, 0.3) is 11.3 Å². The van der Waals surface area contributed by atoms with E-state index in [-0.39, 0.29) is 17.1 Å². The number of rotatable bonds is 2. The van der Waals surface area contributed by atoms with Crippen molar-refractivity contribution < 1.29 is 19.2 Å². The van der Waals surface area contributed by atoms with Gasteiger partial charge in [-0.2, -0.15) is 4.98 Å². The lowest BCUT2D eigenvalue weighted by atomic mass is 10.0. The van der Waals surface area contributed by atoms with E-state index in [0.717, 1.165) is 41.0 Å². The molecule has 0 aliphatic heterocycles. The molecule has 1 aromatic heterocycles. The number of hydrogen-bond donors (Lipinski definition) is 3. The molecule has 118 valence electrons.